The molecule has 29 heteroatoms. The highest BCUT2D eigenvalue weighted by molar-refractivity contribution is 7.28. The number of carbonyl (C=O) groups is 9. The molecule has 4 atom stereocenters. The van der Waals surface area contributed by atoms with Crippen molar-refractivity contribution in [2.75, 3.05) is 26.2 Å². The van der Waals surface area contributed by atoms with Crippen LogP contribution in [0.5, 0.6) is 0 Å². The summed E-state index contributed by atoms with van der Waals surface area (Å²) in [6, 6.07) is 10.3. The Labute approximate surface area is 427 Å². The normalized spacial score (nSPS) is 12.5. The number of aliphatic carboxylic acids is 3. The van der Waals surface area contributed by atoms with Crippen LogP contribution in [-0.2, 0) is 56.1 Å². The molecule has 4 rings (SSSR count). The number of carbonyl (C=O) groups excluding carboxylic acids is 6. The van der Waals surface area contributed by atoms with Gasteiger partial charge in [0, 0.05) is 52.1 Å². The summed E-state index contributed by atoms with van der Waals surface area (Å²) in [6.45, 7) is -0.571. The van der Waals surface area contributed by atoms with Crippen molar-refractivity contribution in [3.05, 3.63) is 58.3 Å². The predicted molar refractivity (Wildman–Crippen MR) is 270 cm³/mol. The fraction of sp³-hybridized carbons (Fsp3) is 0.372. The summed E-state index contributed by atoms with van der Waals surface area (Å²) in [4.78, 5) is 117. The lowest BCUT2D eigenvalue weighted by Crippen LogP contribution is -2.51. The zero-order chi connectivity index (χ0) is 52.9. The lowest BCUT2D eigenvalue weighted by molar-refractivity contribution is -0.147. The van der Waals surface area contributed by atoms with Crippen LogP contribution in [-0.4, -0.2) is 131 Å². The number of hydrogen-bond donors (Lipinski definition) is 16. The number of guanidine groups is 2. The second-order valence-electron chi connectivity index (χ2n) is 15.7. The van der Waals surface area contributed by atoms with E-state index in [0.717, 1.165) is 34.1 Å². The van der Waals surface area contributed by atoms with Crippen molar-refractivity contribution in [1.29, 1.82) is 10.8 Å². The van der Waals surface area contributed by atoms with Crippen LogP contribution < -0.4 is 59.7 Å². The predicted octanol–water partition coefficient (Wildman–Crippen LogP) is -0.333. The molecule has 0 fully saturated rings. The van der Waals surface area contributed by atoms with Crippen molar-refractivity contribution >= 4 is 111 Å². The number of amides is 6. The van der Waals surface area contributed by atoms with E-state index in [-0.39, 0.29) is 50.8 Å². The summed E-state index contributed by atoms with van der Waals surface area (Å²) in [7, 11) is 0. The van der Waals surface area contributed by atoms with Crippen LogP contribution in [0.3, 0.4) is 0 Å². The SMILES string of the molecule is N=C(N)NCCC[C@H](NC(=O)CNC(=O)[C@@H](N)CC(=O)O)C(=O)NCc1ccc(-c2ccc(-c3ccc(-c4ccc(CC(=O)N[C@@H](CCCNC(=N)N)C(=O)NCC(=O)N[C@@H](CC(=O)O)C(=O)O)s4)s3)s2)s1. The third kappa shape index (κ3) is 19.7. The molecule has 0 saturated heterocycles. The quantitative estimate of drug-likeness (QED) is 0.0181. The van der Waals surface area contributed by atoms with Gasteiger partial charge in [-0.25, -0.2) is 4.79 Å². The Balaban J connectivity index is 1.33. The van der Waals surface area contributed by atoms with Gasteiger partial charge in [-0.3, -0.25) is 49.2 Å². The highest BCUT2D eigenvalue weighted by atomic mass is 32.1. The number of carboxylic acid groups (broad SMARTS) is 3. The molecule has 0 saturated carbocycles. The monoisotopic (exact) mass is 1070 g/mol. The Morgan fingerprint density at radius 3 is 1.38 bits per heavy atom. The van der Waals surface area contributed by atoms with Gasteiger partial charge in [0.05, 0.1) is 44.9 Å². The van der Waals surface area contributed by atoms with Gasteiger partial charge in [0.1, 0.15) is 18.1 Å². The molecular weight excluding hydrogens is 1020 g/mol. The van der Waals surface area contributed by atoms with Gasteiger partial charge in [-0.15, -0.1) is 45.3 Å². The third-order valence-corrected chi connectivity index (χ3v) is 14.8. The lowest BCUT2D eigenvalue weighted by atomic mass is 10.1. The highest BCUT2D eigenvalue weighted by Gasteiger charge is 2.26. The van der Waals surface area contributed by atoms with Gasteiger partial charge in [0.2, 0.25) is 35.4 Å². The van der Waals surface area contributed by atoms with Gasteiger partial charge in [-0.2, -0.15) is 0 Å². The first-order valence-electron chi connectivity index (χ1n) is 21.8. The average Bonchev–Trinajstić information content (AvgIpc) is 4.16. The molecule has 0 aliphatic rings. The fourth-order valence-corrected chi connectivity index (χ4v) is 10.7. The molecule has 0 aliphatic heterocycles. The number of nitrogens with one attached hydrogen (secondary N) is 10. The van der Waals surface area contributed by atoms with Gasteiger partial charge < -0.3 is 75.1 Å². The Kier molecular flexibility index (Phi) is 22.5. The minimum atomic E-state index is -1.71. The zero-order valence-electron chi connectivity index (χ0n) is 38.3. The van der Waals surface area contributed by atoms with Crippen molar-refractivity contribution in [2.24, 2.45) is 17.2 Å². The summed E-state index contributed by atoms with van der Waals surface area (Å²) in [5.41, 5.74) is 16.2. The van der Waals surface area contributed by atoms with E-state index in [1.54, 1.807) is 22.7 Å². The van der Waals surface area contributed by atoms with Crippen molar-refractivity contribution < 1.29 is 58.5 Å². The van der Waals surface area contributed by atoms with Gasteiger partial charge >= 0.3 is 17.9 Å². The number of carboxylic acids is 3. The van der Waals surface area contributed by atoms with Gasteiger partial charge in [0.25, 0.3) is 0 Å². The smallest absolute Gasteiger partial charge is 0.326 e. The van der Waals surface area contributed by atoms with Crippen LogP contribution in [0.25, 0.3) is 29.3 Å². The Hall–Kier alpha value is -7.47. The van der Waals surface area contributed by atoms with E-state index < -0.39 is 103 Å². The molecule has 0 radical (unpaired) electrons. The Morgan fingerprint density at radius 2 is 0.903 bits per heavy atom. The summed E-state index contributed by atoms with van der Waals surface area (Å²) < 4.78 is 0. The van der Waals surface area contributed by atoms with E-state index in [4.69, 9.17) is 38.2 Å². The molecule has 388 valence electrons. The highest BCUT2D eigenvalue weighted by Crippen LogP contribution is 2.43. The number of nitrogens with two attached hydrogens (primary N) is 3. The Morgan fingerprint density at radius 1 is 0.500 bits per heavy atom. The molecule has 0 bridgehead atoms. The van der Waals surface area contributed by atoms with E-state index in [1.807, 2.05) is 53.8 Å². The van der Waals surface area contributed by atoms with Gasteiger partial charge in [-0.1, -0.05) is 0 Å². The first kappa shape index (κ1) is 57.1. The molecule has 0 aromatic carbocycles. The van der Waals surface area contributed by atoms with Crippen molar-refractivity contribution in [3.63, 3.8) is 0 Å². The van der Waals surface area contributed by atoms with E-state index in [0.29, 0.717) is 17.7 Å². The second-order valence-corrected chi connectivity index (χ2v) is 20.2. The molecule has 0 unspecified atom stereocenters. The van der Waals surface area contributed by atoms with Crippen LogP contribution in [0.4, 0.5) is 0 Å². The number of hydrogen-bond acceptors (Lipinski definition) is 16. The van der Waals surface area contributed by atoms with E-state index in [9.17, 15) is 48.3 Å². The first-order chi connectivity index (χ1) is 34.2. The van der Waals surface area contributed by atoms with Crippen LogP contribution in [0, 0.1) is 10.8 Å². The summed E-state index contributed by atoms with van der Waals surface area (Å²) >= 11 is 6.02. The molecule has 25 nitrogen and oxygen atoms in total. The Bertz CT molecular complexity index is 2610. The van der Waals surface area contributed by atoms with Gasteiger partial charge in [0.15, 0.2) is 11.9 Å². The standard InChI is InChI=1S/C43H55N13O12S4/c44-23(16-36(60)61)38(64)52-19-34(58)55-25(4-2-14-50-43(47)48)39(65)51-18-22-6-8-28(70-22)30-10-12-32(72-30)31-11-9-29(71-31)27-7-5-21(69-27)15-33(57)54-24(3-1-13-49-42(45)46)40(66)53-20-35(59)56-26(41(67)68)17-37(62)63/h5-12,23-26H,1-4,13-20,44H2,(H,51,65)(H,52,64)(H,53,66)(H,54,57)(H,55,58)(H,56,59)(H,60,61)(H,62,63)(H,67,68)(H4,45,46,49)(H4,47,48,50)/t23-,24-,25-,26-/m0/s1. The molecule has 19 N–H and O–H groups in total. The van der Waals surface area contributed by atoms with Crippen LogP contribution in [0.2, 0.25) is 0 Å². The molecular formula is C43H55N13O12S4. The maximum absolute atomic E-state index is 13.3. The summed E-state index contributed by atoms with van der Waals surface area (Å²) in [6.07, 6.45) is -0.636. The van der Waals surface area contributed by atoms with E-state index in [2.05, 4.69) is 37.2 Å². The molecule has 4 heterocycles. The maximum atomic E-state index is 13.3. The fourth-order valence-electron chi connectivity index (χ4n) is 6.45. The van der Waals surface area contributed by atoms with Crippen LogP contribution in [0.1, 0.15) is 48.3 Å². The summed E-state index contributed by atoms with van der Waals surface area (Å²) in [5, 5.41) is 61.7. The second kappa shape index (κ2) is 28.4. The minimum Gasteiger partial charge on any atom is -0.481 e. The average molecular weight is 1070 g/mol. The summed E-state index contributed by atoms with van der Waals surface area (Å²) in [5.74, 6) is -9.00. The lowest BCUT2D eigenvalue weighted by Gasteiger charge is -2.19. The van der Waals surface area contributed by atoms with Crippen molar-refractivity contribution in [1.82, 2.24) is 42.5 Å². The van der Waals surface area contributed by atoms with Crippen molar-refractivity contribution in [3.8, 4) is 29.3 Å². The maximum Gasteiger partial charge on any atom is 0.326 e. The molecule has 6 amide bonds. The van der Waals surface area contributed by atoms with Crippen LogP contribution in [0.15, 0.2) is 48.5 Å². The molecule has 0 aliphatic carbocycles. The third-order valence-electron chi connectivity index (χ3n) is 9.90. The first-order valence-corrected chi connectivity index (χ1v) is 25.1. The largest absolute Gasteiger partial charge is 0.481 e. The minimum absolute atomic E-state index is 0.0676. The van der Waals surface area contributed by atoms with Crippen LogP contribution >= 0.6 is 45.3 Å². The molecule has 72 heavy (non-hydrogen) atoms. The van der Waals surface area contributed by atoms with E-state index in [1.165, 1.54) is 22.7 Å². The van der Waals surface area contributed by atoms with Crippen molar-refractivity contribution in [2.45, 2.75) is 75.7 Å². The number of thiophene rings is 4. The van der Waals surface area contributed by atoms with E-state index >= 15 is 0 Å². The molecule has 4 aromatic rings. The molecule has 4 aromatic heterocycles. The molecule has 0 spiro atoms. The topological polar surface area (TPSA) is 436 Å². The number of rotatable bonds is 30. The van der Waals surface area contributed by atoms with Gasteiger partial charge in [-0.05, 0) is 74.2 Å². The zero-order valence-corrected chi connectivity index (χ0v) is 41.6.